The molecule has 0 bridgehead atoms. The zero-order chi connectivity index (χ0) is 13.7. The summed E-state index contributed by atoms with van der Waals surface area (Å²) in [6, 6.07) is 0.00119. The first-order valence-corrected chi connectivity index (χ1v) is 7.46. The molecule has 3 atom stereocenters. The van der Waals surface area contributed by atoms with Gasteiger partial charge in [-0.15, -0.1) is 12.4 Å². The number of nitrogens with two attached hydrogens (primary N) is 1. The highest BCUT2D eigenvalue weighted by Crippen LogP contribution is 2.29. The number of nitrogens with one attached hydrogen (secondary N) is 1. The summed E-state index contributed by atoms with van der Waals surface area (Å²) in [5, 5.41) is 3.14. The van der Waals surface area contributed by atoms with Crippen LogP contribution in [0.4, 0.5) is 0 Å². The predicted octanol–water partition coefficient (Wildman–Crippen LogP) is 3.11. The van der Waals surface area contributed by atoms with E-state index in [9.17, 15) is 4.79 Å². The van der Waals surface area contributed by atoms with Crippen LogP contribution in [0, 0.1) is 17.8 Å². The standard InChI is InChI=1S/C15H30N2O.ClH/c1-10(2)8-14(16)15(18)17-13-7-5-6-12(9-13)11(3)4;/h10-14H,5-9,16H2,1-4H3,(H,17,18);1H/t12?,13?,14-;/m0./s1. The van der Waals surface area contributed by atoms with E-state index in [1.165, 1.54) is 12.8 Å². The highest BCUT2D eigenvalue weighted by Gasteiger charge is 2.26. The van der Waals surface area contributed by atoms with E-state index >= 15 is 0 Å². The van der Waals surface area contributed by atoms with Crippen molar-refractivity contribution in [2.75, 3.05) is 0 Å². The Morgan fingerprint density at radius 3 is 2.42 bits per heavy atom. The Bertz CT molecular complexity index is 269. The Morgan fingerprint density at radius 1 is 1.26 bits per heavy atom. The lowest BCUT2D eigenvalue weighted by atomic mass is 9.79. The molecule has 0 saturated heterocycles. The molecule has 1 saturated carbocycles. The van der Waals surface area contributed by atoms with Gasteiger partial charge in [-0.2, -0.15) is 0 Å². The van der Waals surface area contributed by atoms with Gasteiger partial charge >= 0.3 is 0 Å². The molecule has 4 heteroatoms. The number of hydrogen-bond donors (Lipinski definition) is 2. The van der Waals surface area contributed by atoms with Crippen LogP contribution in [0.3, 0.4) is 0 Å². The van der Waals surface area contributed by atoms with Crippen molar-refractivity contribution in [2.45, 2.75) is 71.9 Å². The summed E-state index contributed by atoms with van der Waals surface area (Å²) in [4.78, 5) is 12.0. The molecule has 0 aromatic carbocycles. The normalized spacial score (nSPS) is 25.0. The Kier molecular flexibility index (Phi) is 8.67. The minimum atomic E-state index is -0.343. The molecular formula is C15H31ClN2O. The maximum Gasteiger partial charge on any atom is 0.237 e. The Labute approximate surface area is 124 Å². The van der Waals surface area contributed by atoms with Crippen LogP contribution >= 0.6 is 12.4 Å². The van der Waals surface area contributed by atoms with Crippen molar-refractivity contribution in [1.29, 1.82) is 0 Å². The molecule has 1 amide bonds. The van der Waals surface area contributed by atoms with E-state index in [4.69, 9.17) is 5.73 Å². The monoisotopic (exact) mass is 290 g/mol. The van der Waals surface area contributed by atoms with E-state index in [1.807, 2.05) is 0 Å². The number of rotatable bonds is 5. The fourth-order valence-corrected chi connectivity index (χ4v) is 2.89. The van der Waals surface area contributed by atoms with Crippen molar-refractivity contribution < 1.29 is 4.79 Å². The largest absolute Gasteiger partial charge is 0.352 e. The van der Waals surface area contributed by atoms with Gasteiger partial charge < -0.3 is 11.1 Å². The van der Waals surface area contributed by atoms with Gasteiger partial charge in [0.25, 0.3) is 0 Å². The van der Waals surface area contributed by atoms with Crippen LogP contribution in [0.2, 0.25) is 0 Å². The summed E-state index contributed by atoms with van der Waals surface area (Å²) >= 11 is 0. The van der Waals surface area contributed by atoms with Crippen LogP contribution in [0.25, 0.3) is 0 Å². The third-order valence-electron chi connectivity index (χ3n) is 4.07. The van der Waals surface area contributed by atoms with E-state index < -0.39 is 0 Å². The van der Waals surface area contributed by atoms with Crippen molar-refractivity contribution in [3.05, 3.63) is 0 Å². The second-order valence-electron chi connectivity index (χ2n) is 6.61. The molecule has 1 aliphatic carbocycles. The molecular weight excluding hydrogens is 260 g/mol. The molecule has 0 radical (unpaired) electrons. The van der Waals surface area contributed by atoms with Crippen LogP contribution in [-0.2, 0) is 4.79 Å². The van der Waals surface area contributed by atoms with Gasteiger partial charge in [0, 0.05) is 6.04 Å². The number of amides is 1. The van der Waals surface area contributed by atoms with Gasteiger partial charge in [-0.3, -0.25) is 4.79 Å². The summed E-state index contributed by atoms with van der Waals surface area (Å²) in [5.41, 5.74) is 5.92. The molecule has 0 spiro atoms. The molecule has 3 nitrogen and oxygen atoms in total. The summed E-state index contributed by atoms with van der Waals surface area (Å²) < 4.78 is 0. The van der Waals surface area contributed by atoms with E-state index in [0.717, 1.165) is 25.2 Å². The molecule has 1 fully saturated rings. The van der Waals surface area contributed by atoms with Gasteiger partial charge in [-0.1, -0.05) is 40.5 Å². The van der Waals surface area contributed by atoms with Crippen molar-refractivity contribution >= 4 is 18.3 Å². The smallest absolute Gasteiger partial charge is 0.237 e. The quantitative estimate of drug-likeness (QED) is 0.817. The molecule has 0 aromatic heterocycles. The van der Waals surface area contributed by atoms with Crippen molar-refractivity contribution in [2.24, 2.45) is 23.5 Å². The van der Waals surface area contributed by atoms with Gasteiger partial charge in [0.1, 0.15) is 0 Å². The fourth-order valence-electron chi connectivity index (χ4n) is 2.89. The van der Waals surface area contributed by atoms with Crippen molar-refractivity contribution in [3.8, 4) is 0 Å². The lowest BCUT2D eigenvalue weighted by Gasteiger charge is -2.32. The average Bonchev–Trinajstić information content (AvgIpc) is 2.28. The van der Waals surface area contributed by atoms with Crippen LogP contribution in [0.1, 0.15) is 59.8 Å². The molecule has 0 aliphatic heterocycles. The molecule has 3 N–H and O–H groups in total. The van der Waals surface area contributed by atoms with Gasteiger partial charge in [-0.25, -0.2) is 0 Å². The number of halogens is 1. The summed E-state index contributed by atoms with van der Waals surface area (Å²) in [6.07, 6.45) is 5.54. The fraction of sp³-hybridized carbons (Fsp3) is 0.933. The van der Waals surface area contributed by atoms with Crippen LogP contribution in [0.5, 0.6) is 0 Å². The molecule has 114 valence electrons. The summed E-state index contributed by atoms with van der Waals surface area (Å²) in [5.74, 6) is 1.98. The second kappa shape index (κ2) is 8.80. The maximum absolute atomic E-state index is 12.0. The van der Waals surface area contributed by atoms with Gasteiger partial charge in [0.2, 0.25) is 5.91 Å². The number of carbonyl (C=O) groups excluding carboxylic acids is 1. The van der Waals surface area contributed by atoms with Crippen LogP contribution in [-0.4, -0.2) is 18.0 Å². The third kappa shape index (κ3) is 6.62. The van der Waals surface area contributed by atoms with E-state index in [2.05, 4.69) is 33.0 Å². The van der Waals surface area contributed by atoms with Crippen molar-refractivity contribution in [3.63, 3.8) is 0 Å². The zero-order valence-electron chi connectivity index (χ0n) is 12.8. The molecule has 1 rings (SSSR count). The topological polar surface area (TPSA) is 55.1 Å². The average molecular weight is 291 g/mol. The highest BCUT2D eigenvalue weighted by atomic mass is 35.5. The molecule has 19 heavy (non-hydrogen) atoms. The van der Waals surface area contributed by atoms with Gasteiger partial charge in [0.15, 0.2) is 0 Å². The van der Waals surface area contributed by atoms with Gasteiger partial charge in [-0.05, 0) is 37.0 Å². The SMILES string of the molecule is CC(C)C[C@H](N)C(=O)NC1CCCC(C(C)C)C1.Cl. The Balaban J connectivity index is 0.00000324. The first-order valence-electron chi connectivity index (χ1n) is 7.46. The predicted molar refractivity (Wildman–Crippen MR) is 83.4 cm³/mol. The molecule has 0 heterocycles. The lowest BCUT2D eigenvalue weighted by Crippen LogP contribution is -2.47. The number of hydrogen-bond acceptors (Lipinski definition) is 2. The first kappa shape index (κ1) is 18.7. The third-order valence-corrected chi connectivity index (χ3v) is 4.07. The second-order valence-corrected chi connectivity index (χ2v) is 6.61. The lowest BCUT2D eigenvalue weighted by molar-refractivity contribution is -0.123. The Morgan fingerprint density at radius 2 is 1.89 bits per heavy atom. The van der Waals surface area contributed by atoms with E-state index in [0.29, 0.717) is 17.9 Å². The van der Waals surface area contributed by atoms with Crippen LogP contribution in [0.15, 0.2) is 0 Å². The van der Waals surface area contributed by atoms with E-state index in [-0.39, 0.29) is 24.4 Å². The zero-order valence-corrected chi connectivity index (χ0v) is 13.6. The van der Waals surface area contributed by atoms with E-state index in [1.54, 1.807) is 0 Å². The summed E-state index contributed by atoms with van der Waals surface area (Å²) in [6.45, 7) is 8.75. The molecule has 0 aromatic rings. The molecule has 2 unspecified atom stereocenters. The highest BCUT2D eigenvalue weighted by molar-refractivity contribution is 5.85. The minimum Gasteiger partial charge on any atom is -0.352 e. The maximum atomic E-state index is 12.0. The molecule has 1 aliphatic rings. The van der Waals surface area contributed by atoms with Crippen molar-refractivity contribution in [1.82, 2.24) is 5.32 Å². The van der Waals surface area contributed by atoms with Crippen LogP contribution < -0.4 is 11.1 Å². The first-order chi connectivity index (χ1) is 8.40. The number of carbonyl (C=O) groups is 1. The Hall–Kier alpha value is -0.280. The van der Waals surface area contributed by atoms with Gasteiger partial charge in [0.05, 0.1) is 6.04 Å². The minimum absolute atomic E-state index is 0. The summed E-state index contributed by atoms with van der Waals surface area (Å²) in [7, 11) is 0.